The fraction of sp³-hybridized carbons (Fsp3) is 0.556. The molecule has 0 amide bonds. The first-order chi connectivity index (χ1) is 30.8. The van der Waals surface area contributed by atoms with Crippen molar-refractivity contribution in [1.82, 2.24) is 40.3 Å². The minimum Gasteiger partial charge on any atom is -0.506 e. The van der Waals surface area contributed by atoms with Crippen molar-refractivity contribution in [3.05, 3.63) is 58.8 Å². The van der Waals surface area contributed by atoms with Crippen LogP contribution in [0.4, 0.5) is 21.9 Å². The lowest BCUT2D eigenvalue weighted by Gasteiger charge is -2.22. The van der Waals surface area contributed by atoms with E-state index in [1.807, 2.05) is 40.1 Å². The van der Waals surface area contributed by atoms with Crippen LogP contribution in [0.2, 0.25) is 51.4 Å². The monoisotopic (exact) mass is 944 g/mol. The van der Waals surface area contributed by atoms with Gasteiger partial charge in [0.1, 0.15) is 53.2 Å². The zero-order valence-electron chi connectivity index (χ0n) is 38.5. The lowest BCUT2D eigenvalue weighted by Crippen LogP contribution is -2.26. The number of hydrogen-bond acceptors (Lipinski definition) is 17. The Morgan fingerprint density at radius 3 is 1.58 bits per heavy atom. The van der Waals surface area contributed by atoms with E-state index in [0.29, 0.717) is 49.8 Å². The van der Waals surface area contributed by atoms with Crippen LogP contribution in [-0.2, 0) is 14.2 Å². The van der Waals surface area contributed by atoms with Crippen LogP contribution in [0.15, 0.2) is 48.8 Å². The highest BCUT2D eigenvalue weighted by atomic mass is 32.1. The van der Waals surface area contributed by atoms with Crippen LogP contribution in [0.25, 0.3) is 22.1 Å². The summed E-state index contributed by atoms with van der Waals surface area (Å²) in [7, 11) is -0.684. The van der Waals surface area contributed by atoms with Gasteiger partial charge in [-0.25, -0.2) is 9.97 Å². The molecular formula is C45H64N10O5S2Si2. The highest BCUT2D eigenvalue weighted by molar-refractivity contribution is 7.15. The maximum Gasteiger partial charge on any atom is 0.215 e. The van der Waals surface area contributed by atoms with Gasteiger partial charge in [0.05, 0.1) is 41.1 Å². The third-order valence-electron chi connectivity index (χ3n) is 11.3. The molecule has 64 heavy (non-hydrogen) atoms. The molecule has 6 heterocycles. The third-order valence-corrected chi connectivity index (χ3v) is 16.9. The lowest BCUT2D eigenvalue weighted by atomic mass is 10.1. The molecule has 1 N–H and O–H groups in total. The van der Waals surface area contributed by atoms with Crippen LogP contribution >= 0.6 is 22.7 Å². The van der Waals surface area contributed by atoms with Gasteiger partial charge in [-0.05, 0) is 62.0 Å². The van der Waals surface area contributed by atoms with Gasteiger partial charge < -0.3 is 24.1 Å². The highest BCUT2D eigenvalue weighted by Crippen LogP contribution is 2.40. The maximum atomic E-state index is 9.79. The molecule has 0 spiro atoms. The van der Waals surface area contributed by atoms with E-state index in [1.54, 1.807) is 42.0 Å². The Balaban J connectivity index is 0.000000193. The minimum atomic E-state index is -1.17. The van der Waals surface area contributed by atoms with Crippen LogP contribution < -0.4 is 14.5 Å². The Kier molecular flexibility index (Phi) is 16.6. The molecule has 0 saturated heterocycles. The number of fused-ring (bicyclic) bond motifs is 2. The quantitative estimate of drug-likeness (QED) is 0.0436. The standard InChI is InChI=1S/C24H35N5O3SSi.C21H29N5O2SSi/c1-30-11-12-32-19-15-21-20(25-16-19)9-10-22(26-21)29(17-31-13-14-34(2,3)4)24-28-27-23(33-24)18-7-5-6-8-18;1-30(2,3)11-10-28-14-26(21-25-24-20(29-21)15-6-4-5-7-15)19-9-8-17-18(23-19)12-16(27)13-22-17/h9-10,15-16,18H,5-8,11-14,17H2,1-4H3;8-9,12-13,15,27H,4-7,10-11,14H2,1-3H3. The van der Waals surface area contributed by atoms with Gasteiger partial charge in [0, 0.05) is 60.4 Å². The first kappa shape index (κ1) is 47.7. The van der Waals surface area contributed by atoms with Crippen molar-refractivity contribution in [2.24, 2.45) is 0 Å². The van der Waals surface area contributed by atoms with Crippen molar-refractivity contribution in [3.8, 4) is 11.5 Å². The van der Waals surface area contributed by atoms with Crippen molar-refractivity contribution in [3.63, 3.8) is 0 Å². The van der Waals surface area contributed by atoms with Gasteiger partial charge in [-0.3, -0.25) is 19.8 Å². The first-order valence-electron chi connectivity index (χ1n) is 22.5. The SMILES string of the molecule is COCCOc1cnc2ccc(N(COCC[Si](C)(C)C)c3nnc(C4CCCC4)s3)nc2c1.C[Si](C)(C)CCOCN(c1ccc2ncc(O)cc2n1)c1nnc(C2CCCC2)s1. The Hall–Kier alpha value is -4.25. The lowest BCUT2D eigenvalue weighted by molar-refractivity contribution is 0.146. The van der Waals surface area contributed by atoms with Gasteiger partial charge in [-0.1, -0.05) is 87.6 Å². The van der Waals surface area contributed by atoms with E-state index in [2.05, 4.69) is 69.6 Å². The van der Waals surface area contributed by atoms with Gasteiger partial charge in [-0.15, -0.1) is 20.4 Å². The van der Waals surface area contributed by atoms with Crippen LogP contribution in [-0.4, -0.2) is 109 Å². The van der Waals surface area contributed by atoms with Crippen molar-refractivity contribution < 1.29 is 24.1 Å². The summed E-state index contributed by atoms with van der Waals surface area (Å²) in [6, 6.07) is 13.5. The minimum absolute atomic E-state index is 0.101. The number of pyridine rings is 4. The van der Waals surface area contributed by atoms with Crippen LogP contribution in [0.3, 0.4) is 0 Å². The number of ether oxygens (including phenoxy) is 4. The molecule has 2 fully saturated rings. The first-order valence-corrected chi connectivity index (χ1v) is 31.6. The molecule has 0 atom stereocenters. The zero-order chi connectivity index (χ0) is 45.1. The summed E-state index contributed by atoms with van der Waals surface area (Å²) >= 11 is 3.29. The molecular weight excluding hydrogens is 881 g/mol. The van der Waals surface area contributed by atoms with Crippen molar-refractivity contribution in [1.29, 1.82) is 0 Å². The third kappa shape index (κ3) is 13.6. The molecule has 2 saturated carbocycles. The molecule has 2 aliphatic rings. The Labute approximate surface area is 387 Å². The number of methoxy groups -OCH3 is 1. The normalized spacial score (nSPS) is 14.9. The van der Waals surface area contributed by atoms with E-state index < -0.39 is 16.1 Å². The Morgan fingerprint density at radius 2 is 1.09 bits per heavy atom. The molecule has 0 unspecified atom stereocenters. The molecule has 0 bridgehead atoms. The summed E-state index contributed by atoms with van der Waals surface area (Å²) in [6.07, 6.45) is 13.0. The molecule has 6 aromatic rings. The van der Waals surface area contributed by atoms with Crippen LogP contribution in [0.1, 0.15) is 73.2 Å². The predicted octanol–water partition coefficient (Wildman–Crippen LogP) is 10.9. The summed E-state index contributed by atoms with van der Waals surface area (Å²) in [5, 5.41) is 31.7. The predicted molar refractivity (Wildman–Crippen MR) is 263 cm³/mol. The Bertz CT molecular complexity index is 2400. The molecule has 6 aromatic heterocycles. The van der Waals surface area contributed by atoms with Crippen molar-refractivity contribution in [2.75, 3.05) is 56.8 Å². The van der Waals surface area contributed by atoms with Crippen LogP contribution in [0, 0.1) is 0 Å². The molecule has 0 aliphatic heterocycles. The number of nitrogens with zero attached hydrogens (tertiary/aromatic N) is 10. The smallest absolute Gasteiger partial charge is 0.215 e. The summed E-state index contributed by atoms with van der Waals surface area (Å²) in [5.74, 6) is 3.32. The summed E-state index contributed by atoms with van der Waals surface area (Å²) in [4.78, 5) is 22.3. The fourth-order valence-corrected chi connectivity index (χ4v) is 11.0. The summed E-state index contributed by atoms with van der Waals surface area (Å²) < 4.78 is 23.0. The second kappa shape index (κ2) is 22.3. The second-order valence-electron chi connectivity index (χ2n) is 19.0. The average molecular weight is 945 g/mol. The van der Waals surface area contributed by atoms with E-state index >= 15 is 0 Å². The second-order valence-corrected chi connectivity index (χ2v) is 32.2. The number of rotatable bonds is 20. The summed E-state index contributed by atoms with van der Waals surface area (Å²) in [6.45, 7) is 17.3. The van der Waals surface area contributed by atoms with Gasteiger partial charge in [0.2, 0.25) is 10.3 Å². The number of hydrogen-bond donors (Lipinski definition) is 1. The number of aromatic hydroxyl groups is 1. The molecule has 8 rings (SSSR count). The maximum absolute atomic E-state index is 9.79. The molecule has 0 aromatic carbocycles. The van der Waals surface area contributed by atoms with Gasteiger partial charge in [0.15, 0.2) is 0 Å². The average Bonchev–Trinajstić information content (AvgIpc) is 4.12. The van der Waals surface area contributed by atoms with E-state index in [9.17, 15) is 5.11 Å². The molecule has 15 nitrogen and oxygen atoms in total. The topological polar surface area (TPSA) is 167 Å². The van der Waals surface area contributed by atoms with E-state index in [-0.39, 0.29) is 5.75 Å². The molecule has 344 valence electrons. The zero-order valence-corrected chi connectivity index (χ0v) is 42.1. The van der Waals surface area contributed by atoms with E-state index in [0.717, 1.165) is 73.8 Å². The Morgan fingerprint density at radius 1 is 0.609 bits per heavy atom. The molecule has 2 aliphatic carbocycles. The number of aromatic nitrogens is 8. The fourth-order valence-electron chi connectivity index (χ4n) is 7.44. The summed E-state index contributed by atoms with van der Waals surface area (Å²) in [5.41, 5.74) is 2.95. The van der Waals surface area contributed by atoms with Crippen LogP contribution in [0.5, 0.6) is 11.5 Å². The molecule has 19 heteroatoms. The molecule has 0 radical (unpaired) electrons. The van der Waals surface area contributed by atoms with Gasteiger partial charge in [0.25, 0.3) is 0 Å². The largest absolute Gasteiger partial charge is 0.506 e. The van der Waals surface area contributed by atoms with Crippen molar-refractivity contribution >= 4 is 82.8 Å². The highest BCUT2D eigenvalue weighted by Gasteiger charge is 2.26. The van der Waals surface area contributed by atoms with Gasteiger partial charge >= 0.3 is 0 Å². The number of anilines is 4. The van der Waals surface area contributed by atoms with Gasteiger partial charge in [-0.2, -0.15) is 0 Å². The van der Waals surface area contributed by atoms with Crippen molar-refractivity contribution in [2.45, 2.75) is 115 Å². The van der Waals surface area contributed by atoms with E-state index in [4.69, 9.17) is 28.9 Å². The van der Waals surface area contributed by atoms with E-state index in [1.165, 1.54) is 57.6 Å².